The van der Waals surface area contributed by atoms with Crippen LogP contribution in [0.2, 0.25) is 5.02 Å². The maximum atomic E-state index is 15.6. The van der Waals surface area contributed by atoms with E-state index in [0.717, 1.165) is 33.8 Å². The molecule has 0 unspecified atom stereocenters. The second-order valence-electron chi connectivity index (χ2n) is 14.3. The molecule has 4 aromatic rings. The number of carboxylic acid groups (broad SMARTS) is 1. The molecule has 0 amide bonds. The summed E-state index contributed by atoms with van der Waals surface area (Å²) in [5.74, 6) is -3.56. The van der Waals surface area contributed by atoms with E-state index in [9.17, 15) is 22.7 Å². The van der Waals surface area contributed by atoms with Crippen molar-refractivity contribution in [2.45, 2.75) is 47.9 Å². The fraction of sp³-hybridized carbons (Fsp3) is 0.389. The second-order valence-corrected chi connectivity index (χ2v) is 17.6. The van der Waals surface area contributed by atoms with Crippen LogP contribution in [0.1, 0.15) is 43.5 Å². The number of hydrogen-bond acceptors (Lipinski definition) is 7. The van der Waals surface area contributed by atoms with Gasteiger partial charge < -0.3 is 19.1 Å². The Morgan fingerprint density at radius 3 is 2.20 bits per heavy atom. The molecule has 1 fully saturated rings. The lowest BCUT2D eigenvalue weighted by Gasteiger charge is -2.44. The summed E-state index contributed by atoms with van der Waals surface area (Å²) >= 11 is 7.30. The monoisotopic (exact) mass is 764 g/mol. The van der Waals surface area contributed by atoms with E-state index in [4.69, 9.17) is 16.3 Å². The molecule has 0 spiro atoms. The minimum atomic E-state index is -4.34. The average molecular weight is 765 g/mol. The van der Waals surface area contributed by atoms with E-state index in [0.29, 0.717) is 31.8 Å². The minimum absolute atomic E-state index is 0.00876. The summed E-state index contributed by atoms with van der Waals surface area (Å²) in [5.41, 5.74) is -0.190. The molecular formula is C36H40ClF3N4O5S2. The van der Waals surface area contributed by atoms with Crippen LogP contribution >= 0.6 is 23.4 Å². The predicted molar refractivity (Wildman–Crippen MR) is 188 cm³/mol. The lowest BCUT2D eigenvalue weighted by Crippen LogP contribution is -2.58. The normalized spacial score (nSPS) is 15.6. The van der Waals surface area contributed by atoms with Crippen molar-refractivity contribution in [2.24, 2.45) is 5.41 Å². The maximum Gasteiger partial charge on any atom is 0.243 e. The third-order valence-corrected chi connectivity index (χ3v) is 12.5. The minimum Gasteiger partial charge on any atom is -0.549 e. The van der Waals surface area contributed by atoms with Crippen molar-refractivity contribution in [3.8, 4) is 11.4 Å². The van der Waals surface area contributed by atoms with Crippen LogP contribution in [0, 0.1) is 22.9 Å². The summed E-state index contributed by atoms with van der Waals surface area (Å²) in [4.78, 5) is 16.1. The van der Waals surface area contributed by atoms with Crippen LogP contribution in [0.3, 0.4) is 0 Å². The second kappa shape index (κ2) is 14.5. The SMILES string of the molecule is COc1cc(C(C)(C)c2cnc(SCc3c(F)cc(S(=O)(=O)N4CCC(C[N+](C)(C)C)(C(=O)[O-])CC4)cc3F)n2-c2ccc(F)cc2)ccc1Cl. The molecule has 0 bridgehead atoms. The lowest BCUT2D eigenvalue weighted by atomic mass is 9.78. The number of rotatable bonds is 12. The Bertz CT molecular complexity index is 2020. The average Bonchev–Trinajstić information content (AvgIpc) is 3.49. The number of thioether (sulfide) groups is 1. The van der Waals surface area contributed by atoms with Gasteiger partial charge in [-0.15, -0.1) is 0 Å². The van der Waals surface area contributed by atoms with Crippen molar-refractivity contribution in [3.63, 3.8) is 0 Å². The number of piperidine rings is 1. The number of methoxy groups -OCH3 is 1. The van der Waals surface area contributed by atoms with Crippen LogP contribution in [0.15, 0.2) is 70.8 Å². The van der Waals surface area contributed by atoms with Gasteiger partial charge in [0.15, 0.2) is 5.16 Å². The fourth-order valence-corrected chi connectivity index (χ4v) is 9.23. The zero-order valence-corrected chi connectivity index (χ0v) is 31.6. The molecule has 0 atom stereocenters. The first kappa shape index (κ1) is 38.7. The molecule has 9 nitrogen and oxygen atoms in total. The summed E-state index contributed by atoms with van der Waals surface area (Å²) in [6, 6.07) is 12.7. The van der Waals surface area contributed by atoms with Gasteiger partial charge in [-0.2, -0.15) is 4.31 Å². The number of halogens is 4. The summed E-state index contributed by atoms with van der Waals surface area (Å²) in [5, 5.41) is 12.9. The summed E-state index contributed by atoms with van der Waals surface area (Å²) in [6.45, 7) is 3.90. The Morgan fingerprint density at radius 2 is 1.65 bits per heavy atom. The van der Waals surface area contributed by atoms with Crippen LogP contribution < -0.4 is 9.84 Å². The number of hydrogen-bond donors (Lipinski definition) is 0. The summed E-state index contributed by atoms with van der Waals surface area (Å²) < 4.78 is 80.8. The van der Waals surface area contributed by atoms with Gasteiger partial charge in [-0.3, -0.25) is 4.57 Å². The zero-order valence-electron chi connectivity index (χ0n) is 29.2. The number of quaternary nitrogens is 1. The molecule has 1 aliphatic rings. The summed E-state index contributed by atoms with van der Waals surface area (Å²) in [6.07, 6.45) is 1.66. The van der Waals surface area contributed by atoms with Crippen LogP contribution in [0.5, 0.6) is 5.75 Å². The molecule has 274 valence electrons. The van der Waals surface area contributed by atoms with Gasteiger partial charge in [-0.1, -0.05) is 43.3 Å². The van der Waals surface area contributed by atoms with Gasteiger partial charge in [0.1, 0.15) is 23.2 Å². The molecular weight excluding hydrogens is 725 g/mol. The van der Waals surface area contributed by atoms with Crippen molar-refractivity contribution < 1.29 is 40.7 Å². The van der Waals surface area contributed by atoms with Crippen LogP contribution in [-0.4, -0.2) is 80.6 Å². The molecule has 0 radical (unpaired) electrons. The number of carbonyl (C=O) groups is 1. The number of sulfonamides is 1. The Labute approximate surface area is 305 Å². The number of benzene rings is 3. The van der Waals surface area contributed by atoms with Crippen molar-refractivity contribution in [3.05, 3.63) is 100 Å². The number of ether oxygens (including phenoxy) is 1. The van der Waals surface area contributed by atoms with Gasteiger partial charge in [0, 0.05) is 35.5 Å². The topological polar surface area (TPSA) is 105 Å². The van der Waals surface area contributed by atoms with E-state index in [1.165, 1.54) is 19.2 Å². The molecule has 0 N–H and O–H groups in total. The van der Waals surface area contributed by atoms with Gasteiger partial charge in [-0.25, -0.2) is 26.6 Å². The van der Waals surface area contributed by atoms with E-state index < -0.39 is 49.2 Å². The fourth-order valence-electron chi connectivity index (χ4n) is 6.56. The number of imidazole rings is 1. The largest absolute Gasteiger partial charge is 0.549 e. The van der Waals surface area contributed by atoms with E-state index in [-0.39, 0.29) is 43.8 Å². The van der Waals surface area contributed by atoms with Crippen molar-refractivity contribution in [2.75, 3.05) is 47.9 Å². The van der Waals surface area contributed by atoms with Gasteiger partial charge in [0.25, 0.3) is 0 Å². The van der Waals surface area contributed by atoms with Crippen molar-refractivity contribution in [1.82, 2.24) is 13.9 Å². The third kappa shape index (κ3) is 7.95. The van der Waals surface area contributed by atoms with E-state index >= 15 is 8.78 Å². The molecule has 2 heterocycles. The highest BCUT2D eigenvalue weighted by Crippen LogP contribution is 2.40. The predicted octanol–water partition coefficient (Wildman–Crippen LogP) is 5.80. The van der Waals surface area contributed by atoms with Gasteiger partial charge in [0.2, 0.25) is 10.0 Å². The molecule has 1 saturated heterocycles. The van der Waals surface area contributed by atoms with E-state index in [1.54, 1.807) is 29.0 Å². The van der Waals surface area contributed by atoms with Crippen LogP contribution in [-0.2, 0) is 26.0 Å². The first-order valence-electron chi connectivity index (χ1n) is 16.1. The standard InChI is InChI=1S/C36H40ClF3N4O5S2/c1-35(2,23-7-12-28(37)31(17-23)49-6)32-20-41-34(43(32)25-10-8-24(38)9-11-25)50-21-27-29(39)18-26(19-30(27)40)51(47,48)42-15-13-36(14-16-42,33(45)46)22-44(3,4)5/h7-12,17-20H,13-16,21-22H2,1-6H3. The van der Waals surface area contributed by atoms with Gasteiger partial charge in [-0.05, 0) is 66.9 Å². The number of aliphatic carboxylic acids is 1. The van der Waals surface area contributed by atoms with E-state index in [2.05, 4.69) is 4.98 Å². The van der Waals surface area contributed by atoms with Crippen molar-refractivity contribution >= 4 is 39.4 Å². The highest BCUT2D eigenvalue weighted by molar-refractivity contribution is 7.98. The Morgan fingerprint density at radius 1 is 1.04 bits per heavy atom. The molecule has 0 aliphatic carbocycles. The highest BCUT2D eigenvalue weighted by Gasteiger charge is 2.43. The lowest BCUT2D eigenvalue weighted by molar-refractivity contribution is -0.876. The van der Waals surface area contributed by atoms with Gasteiger partial charge >= 0.3 is 0 Å². The molecule has 0 saturated carbocycles. The van der Waals surface area contributed by atoms with Crippen LogP contribution in [0.4, 0.5) is 13.2 Å². The molecule has 1 aromatic heterocycles. The number of aromatic nitrogens is 2. The first-order chi connectivity index (χ1) is 23.8. The molecule has 3 aromatic carbocycles. The molecule has 51 heavy (non-hydrogen) atoms. The first-order valence-corrected chi connectivity index (χ1v) is 18.9. The van der Waals surface area contributed by atoms with Gasteiger partial charge in [0.05, 0.1) is 68.0 Å². The quantitative estimate of drug-likeness (QED) is 0.133. The molecule has 5 rings (SSSR count). The Balaban J connectivity index is 1.42. The Kier molecular flexibility index (Phi) is 11.0. The summed E-state index contributed by atoms with van der Waals surface area (Å²) in [7, 11) is 2.70. The maximum absolute atomic E-state index is 15.6. The molecule has 1 aliphatic heterocycles. The van der Waals surface area contributed by atoms with Crippen LogP contribution in [0.25, 0.3) is 5.69 Å². The number of carboxylic acids is 1. The molecule has 15 heteroatoms. The number of nitrogens with zero attached hydrogens (tertiary/aromatic N) is 4. The number of carbonyl (C=O) groups excluding carboxylic acids is 1. The third-order valence-electron chi connectivity index (χ3n) is 9.31. The van der Waals surface area contributed by atoms with Crippen molar-refractivity contribution in [1.29, 1.82) is 0 Å². The Hall–Kier alpha value is -3.56. The highest BCUT2D eigenvalue weighted by atomic mass is 35.5. The zero-order chi connectivity index (χ0) is 37.5. The van der Waals surface area contributed by atoms with E-state index in [1.807, 2.05) is 47.1 Å². The smallest absolute Gasteiger partial charge is 0.243 e.